The third-order valence-corrected chi connectivity index (χ3v) is 10.7. The molecule has 16 heteroatoms. The van der Waals surface area contributed by atoms with Gasteiger partial charge in [0.15, 0.2) is 0 Å². The Kier molecular flexibility index (Phi) is 11.4. The molecule has 5 aromatic rings. The number of carbonyl (C=O) groups is 1. The molecule has 266 valence electrons. The first-order valence-electron chi connectivity index (χ1n) is 15.0. The molecule has 1 heterocycles. The maximum absolute atomic E-state index is 13.3. The van der Waals surface area contributed by atoms with Crippen LogP contribution in [0.1, 0.15) is 41.9 Å². The molecule has 0 aliphatic heterocycles. The molecule has 0 aliphatic rings. The number of alkyl halides is 3. The maximum atomic E-state index is 13.3. The normalized spacial score (nSPS) is 12.7. The van der Waals surface area contributed by atoms with Crippen molar-refractivity contribution in [2.75, 3.05) is 0 Å². The topological polar surface area (TPSA) is 147 Å². The van der Waals surface area contributed by atoms with Gasteiger partial charge >= 0.3 is 12.3 Å². The SMILES string of the molecule is CCc1nc2cc(C(F)(F)F)c(Cl)cc2n1-c1ccc(C[C@H](C)N(C(=O)O)S(=O)(=O)c2ccc(C)cc2)cc1.Cc1ccc(S(=O)(=O)O)cc1. The fourth-order valence-electron chi connectivity index (χ4n) is 5.16. The second-order valence-electron chi connectivity index (χ2n) is 11.4. The summed E-state index contributed by atoms with van der Waals surface area (Å²) in [6.07, 6.45) is -5.66. The molecular formula is C34H33ClF3N3O7S2. The summed E-state index contributed by atoms with van der Waals surface area (Å²) in [4.78, 5) is 16.2. The summed E-state index contributed by atoms with van der Waals surface area (Å²) in [7, 11) is -8.32. The Bertz CT molecular complexity index is 2220. The Balaban J connectivity index is 0.000000435. The van der Waals surface area contributed by atoms with E-state index in [1.54, 1.807) is 60.0 Å². The smallest absolute Gasteiger partial charge is 0.421 e. The lowest BCUT2D eigenvalue weighted by atomic mass is 10.1. The fraction of sp³-hybridized carbons (Fsp3) is 0.235. The highest BCUT2D eigenvalue weighted by Gasteiger charge is 2.35. The summed E-state index contributed by atoms with van der Waals surface area (Å²) < 4.78 is 97.9. The number of hydrogen-bond acceptors (Lipinski definition) is 6. The monoisotopic (exact) mass is 751 g/mol. The summed E-state index contributed by atoms with van der Waals surface area (Å²) in [5.74, 6) is 0.530. The molecule has 10 nitrogen and oxygen atoms in total. The van der Waals surface area contributed by atoms with Crippen molar-refractivity contribution in [2.45, 2.75) is 62.5 Å². The molecule has 2 N–H and O–H groups in total. The zero-order valence-electron chi connectivity index (χ0n) is 27.2. The molecule has 0 aliphatic carbocycles. The molecule has 0 unspecified atom stereocenters. The van der Waals surface area contributed by atoms with Crippen molar-refractivity contribution in [1.82, 2.24) is 13.9 Å². The zero-order valence-corrected chi connectivity index (χ0v) is 29.6. The minimum atomic E-state index is -4.61. The number of aryl methyl sites for hydroxylation is 3. The quantitative estimate of drug-likeness (QED) is 0.151. The van der Waals surface area contributed by atoms with E-state index in [-0.39, 0.29) is 21.7 Å². The van der Waals surface area contributed by atoms with Gasteiger partial charge in [0.05, 0.1) is 37.5 Å². The van der Waals surface area contributed by atoms with E-state index in [2.05, 4.69) is 4.98 Å². The lowest BCUT2D eigenvalue weighted by Gasteiger charge is -2.26. The molecule has 0 radical (unpaired) electrons. The molecule has 1 atom stereocenters. The van der Waals surface area contributed by atoms with Gasteiger partial charge in [-0.2, -0.15) is 25.9 Å². The first-order valence-corrected chi connectivity index (χ1v) is 18.3. The number of aromatic nitrogens is 2. The second kappa shape index (κ2) is 14.8. The van der Waals surface area contributed by atoms with Crippen LogP contribution in [0.4, 0.5) is 18.0 Å². The van der Waals surface area contributed by atoms with E-state index in [9.17, 15) is 39.9 Å². The van der Waals surface area contributed by atoms with Crippen LogP contribution < -0.4 is 0 Å². The third-order valence-electron chi connectivity index (χ3n) is 7.65. The Morgan fingerprint density at radius 3 is 1.88 bits per heavy atom. The van der Waals surface area contributed by atoms with Crippen LogP contribution in [-0.4, -0.2) is 52.5 Å². The average Bonchev–Trinajstić information content (AvgIpc) is 3.38. The molecule has 1 aromatic heterocycles. The number of hydrogen-bond donors (Lipinski definition) is 2. The van der Waals surface area contributed by atoms with Crippen LogP contribution in [0.2, 0.25) is 5.02 Å². The van der Waals surface area contributed by atoms with Crippen molar-refractivity contribution in [3.63, 3.8) is 0 Å². The Labute approximate surface area is 292 Å². The Morgan fingerprint density at radius 1 is 0.900 bits per heavy atom. The number of amides is 1. The number of imidazole rings is 1. The number of halogens is 4. The van der Waals surface area contributed by atoms with Crippen LogP contribution in [0.15, 0.2) is 94.7 Å². The molecule has 0 spiro atoms. The minimum Gasteiger partial charge on any atom is -0.464 e. The van der Waals surface area contributed by atoms with E-state index >= 15 is 0 Å². The molecule has 0 saturated carbocycles. The van der Waals surface area contributed by atoms with Gasteiger partial charge in [0.1, 0.15) is 5.82 Å². The van der Waals surface area contributed by atoms with E-state index in [4.69, 9.17) is 16.2 Å². The predicted octanol–water partition coefficient (Wildman–Crippen LogP) is 8.11. The second-order valence-corrected chi connectivity index (χ2v) is 15.1. The number of fused-ring (bicyclic) bond motifs is 1. The molecule has 1 amide bonds. The molecular weight excluding hydrogens is 719 g/mol. The summed E-state index contributed by atoms with van der Waals surface area (Å²) in [5.41, 5.74) is 2.67. The molecule has 50 heavy (non-hydrogen) atoms. The van der Waals surface area contributed by atoms with Crippen molar-refractivity contribution in [3.05, 3.63) is 118 Å². The van der Waals surface area contributed by atoms with E-state index in [1.807, 2.05) is 13.8 Å². The van der Waals surface area contributed by atoms with Gasteiger partial charge in [-0.05, 0) is 81.3 Å². The Morgan fingerprint density at radius 2 is 1.42 bits per heavy atom. The number of rotatable bonds is 8. The number of sulfonamides is 1. The standard InChI is InChI=1S/C27H25ClF3N3O4S.C7H8O3S/c1-4-25-32-23-14-21(27(29,30)31)22(28)15-24(23)33(25)19-9-7-18(8-10-19)13-17(3)34(26(35)36)39(37,38)20-11-5-16(2)6-12-20;1-6-2-4-7(5-3-6)11(8,9)10/h5-12,14-15,17H,4,13H2,1-3H3,(H,35,36);2-5H,1H3,(H,8,9,10)/t17-;/m0./s1. The van der Waals surface area contributed by atoms with Gasteiger partial charge < -0.3 is 5.11 Å². The van der Waals surface area contributed by atoms with E-state index in [0.29, 0.717) is 33.3 Å². The van der Waals surface area contributed by atoms with Crippen molar-refractivity contribution in [2.24, 2.45) is 0 Å². The Hall–Kier alpha value is -4.44. The number of nitrogens with zero attached hydrogens (tertiary/aromatic N) is 3. The fourth-order valence-corrected chi connectivity index (χ4v) is 7.36. The molecule has 4 aromatic carbocycles. The van der Waals surface area contributed by atoms with Crippen molar-refractivity contribution >= 4 is 48.9 Å². The van der Waals surface area contributed by atoms with Gasteiger partial charge in [-0.25, -0.2) is 18.2 Å². The summed E-state index contributed by atoms with van der Waals surface area (Å²) in [5, 5.41) is 9.31. The van der Waals surface area contributed by atoms with Crippen LogP contribution in [0.3, 0.4) is 0 Å². The molecule has 0 fully saturated rings. The summed E-state index contributed by atoms with van der Waals surface area (Å²) >= 11 is 5.96. The minimum absolute atomic E-state index is 0.0666. The van der Waals surface area contributed by atoms with E-state index in [1.165, 1.54) is 37.3 Å². The number of benzene rings is 4. The molecule has 0 bridgehead atoms. The third kappa shape index (κ3) is 8.64. The highest BCUT2D eigenvalue weighted by atomic mass is 35.5. The van der Waals surface area contributed by atoms with Crippen molar-refractivity contribution in [3.8, 4) is 5.69 Å². The van der Waals surface area contributed by atoms with Gasteiger partial charge in [-0.15, -0.1) is 0 Å². The zero-order chi connectivity index (χ0) is 37.2. The predicted molar refractivity (Wildman–Crippen MR) is 183 cm³/mol. The van der Waals surface area contributed by atoms with E-state index < -0.39 is 49.0 Å². The van der Waals surface area contributed by atoms with Crippen molar-refractivity contribution < 1.29 is 44.5 Å². The van der Waals surface area contributed by atoms with E-state index in [0.717, 1.165) is 17.2 Å². The lowest BCUT2D eigenvalue weighted by Crippen LogP contribution is -2.43. The summed E-state index contributed by atoms with van der Waals surface area (Å²) in [6, 6.07) is 20.0. The van der Waals surface area contributed by atoms with Crippen LogP contribution >= 0.6 is 11.6 Å². The largest absolute Gasteiger partial charge is 0.464 e. The van der Waals surface area contributed by atoms with Crippen LogP contribution in [0, 0.1) is 13.8 Å². The summed E-state index contributed by atoms with van der Waals surface area (Å²) in [6.45, 7) is 6.97. The van der Waals surface area contributed by atoms with Crippen LogP contribution in [0.25, 0.3) is 16.7 Å². The van der Waals surface area contributed by atoms with Gasteiger partial charge in [-0.1, -0.05) is 66.0 Å². The van der Waals surface area contributed by atoms with Gasteiger partial charge in [0.2, 0.25) is 0 Å². The first kappa shape index (κ1) is 38.4. The van der Waals surface area contributed by atoms with Crippen LogP contribution in [0.5, 0.6) is 0 Å². The average molecular weight is 752 g/mol. The molecule has 5 rings (SSSR count). The van der Waals surface area contributed by atoms with Gasteiger partial charge in [0.25, 0.3) is 20.1 Å². The first-order chi connectivity index (χ1) is 23.2. The van der Waals surface area contributed by atoms with Gasteiger partial charge in [-0.3, -0.25) is 9.12 Å². The molecule has 0 saturated heterocycles. The lowest BCUT2D eigenvalue weighted by molar-refractivity contribution is -0.137. The highest BCUT2D eigenvalue weighted by molar-refractivity contribution is 7.89. The maximum Gasteiger partial charge on any atom is 0.421 e. The van der Waals surface area contributed by atoms with Gasteiger partial charge in [0, 0.05) is 12.1 Å². The highest BCUT2D eigenvalue weighted by Crippen LogP contribution is 2.38. The van der Waals surface area contributed by atoms with Crippen LogP contribution in [-0.2, 0) is 39.2 Å². The van der Waals surface area contributed by atoms with Crippen molar-refractivity contribution in [1.29, 1.82) is 0 Å². The number of carboxylic acid groups (broad SMARTS) is 1.